The topological polar surface area (TPSA) is 21.7 Å². The third kappa shape index (κ3) is 2.90. The van der Waals surface area contributed by atoms with Crippen molar-refractivity contribution in [2.45, 2.75) is 76.7 Å². The van der Waals surface area contributed by atoms with Crippen LogP contribution >= 0.6 is 0 Å². The molecule has 0 radical (unpaired) electrons. The average Bonchev–Trinajstić information content (AvgIpc) is 2.90. The van der Waals surface area contributed by atoms with Crippen LogP contribution in [0.15, 0.2) is 0 Å². The molecule has 0 bridgehead atoms. The molecule has 1 aliphatic heterocycles. The molecule has 116 valence electrons. The number of ether oxygens (including phenoxy) is 2. The van der Waals surface area contributed by atoms with Gasteiger partial charge in [0.25, 0.3) is 0 Å². The number of hydrogen-bond acceptors (Lipinski definition) is 3. The molecule has 1 heterocycles. The Labute approximate surface area is 124 Å². The first kappa shape index (κ1) is 14.8. The van der Waals surface area contributed by atoms with E-state index in [0.29, 0.717) is 0 Å². The fourth-order valence-electron chi connectivity index (χ4n) is 4.42. The summed E-state index contributed by atoms with van der Waals surface area (Å²) in [6.07, 6.45) is 8.80. The summed E-state index contributed by atoms with van der Waals surface area (Å²) < 4.78 is 11.7. The maximum Gasteiger partial charge on any atom is 0.168 e. The van der Waals surface area contributed by atoms with Gasteiger partial charge in [0.1, 0.15) is 0 Å². The monoisotopic (exact) mass is 281 g/mol. The lowest BCUT2D eigenvalue weighted by Gasteiger charge is -2.44. The van der Waals surface area contributed by atoms with Crippen molar-refractivity contribution in [3.63, 3.8) is 0 Å². The highest BCUT2D eigenvalue weighted by molar-refractivity contribution is 4.89. The molecular formula is C17H31NO2. The molecule has 1 saturated heterocycles. The molecule has 2 saturated carbocycles. The minimum atomic E-state index is -0.203. The quantitative estimate of drug-likeness (QED) is 0.774. The summed E-state index contributed by atoms with van der Waals surface area (Å²) in [5.74, 6) is 1.59. The molecular weight excluding hydrogens is 250 g/mol. The van der Waals surface area contributed by atoms with E-state index in [1.54, 1.807) is 0 Å². The van der Waals surface area contributed by atoms with Crippen molar-refractivity contribution >= 4 is 0 Å². The molecule has 2 aliphatic carbocycles. The lowest BCUT2D eigenvalue weighted by molar-refractivity contribution is -0.184. The van der Waals surface area contributed by atoms with E-state index in [4.69, 9.17) is 9.47 Å². The number of nitrogens with zero attached hydrogens (tertiary/aromatic N) is 1. The minimum absolute atomic E-state index is 0.203. The maximum atomic E-state index is 5.85. The summed E-state index contributed by atoms with van der Waals surface area (Å²) in [7, 11) is 2.35. The van der Waals surface area contributed by atoms with Crippen LogP contribution in [0.2, 0.25) is 0 Å². The van der Waals surface area contributed by atoms with Crippen LogP contribution < -0.4 is 0 Å². The molecule has 3 heteroatoms. The SMILES string of the molecule is CC1CCC(N(C)C2CCC3(CC2)OCCO3)CC1C. The van der Waals surface area contributed by atoms with Gasteiger partial charge >= 0.3 is 0 Å². The second-order valence-corrected chi connectivity index (χ2v) is 7.43. The zero-order chi connectivity index (χ0) is 14.2. The van der Waals surface area contributed by atoms with Crippen LogP contribution in [0.5, 0.6) is 0 Å². The van der Waals surface area contributed by atoms with E-state index in [0.717, 1.165) is 50.0 Å². The molecule has 20 heavy (non-hydrogen) atoms. The Bertz CT molecular complexity index is 317. The van der Waals surface area contributed by atoms with E-state index < -0.39 is 0 Å². The van der Waals surface area contributed by atoms with Crippen LogP contribution in [0, 0.1) is 11.8 Å². The van der Waals surface area contributed by atoms with Crippen LogP contribution in [-0.2, 0) is 9.47 Å². The van der Waals surface area contributed by atoms with Crippen molar-refractivity contribution in [2.75, 3.05) is 20.3 Å². The van der Waals surface area contributed by atoms with Gasteiger partial charge in [-0.2, -0.15) is 0 Å². The zero-order valence-electron chi connectivity index (χ0n) is 13.4. The van der Waals surface area contributed by atoms with Crippen molar-refractivity contribution in [1.29, 1.82) is 0 Å². The molecule has 3 fully saturated rings. The Kier molecular flexibility index (Phi) is 4.40. The van der Waals surface area contributed by atoms with E-state index in [2.05, 4.69) is 25.8 Å². The average molecular weight is 281 g/mol. The summed E-state index contributed by atoms with van der Waals surface area (Å²) in [6, 6.07) is 1.53. The first-order valence-corrected chi connectivity index (χ1v) is 8.59. The van der Waals surface area contributed by atoms with Crippen molar-refractivity contribution in [1.82, 2.24) is 4.90 Å². The van der Waals surface area contributed by atoms with E-state index in [1.807, 2.05) is 0 Å². The normalized spacial score (nSPS) is 38.7. The molecule has 3 atom stereocenters. The fourth-order valence-corrected chi connectivity index (χ4v) is 4.42. The summed E-state index contributed by atoms with van der Waals surface area (Å²) in [5.41, 5.74) is 0. The first-order chi connectivity index (χ1) is 9.60. The summed E-state index contributed by atoms with van der Waals surface area (Å²) in [5, 5.41) is 0. The largest absolute Gasteiger partial charge is 0.348 e. The highest BCUT2D eigenvalue weighted by Crippen LogP contribution is 2.39. The van der Waals surface area contributed by atoms with Crippen LogP contribution in [0.4, 0.5) is 0 Å². The highest BCUT2D eigenvalue weighted by Gasteiger charge is 2.42. The van der Waals surface area contributed by atoms with Gasteiger partial charge in [-0.15, -0.1) is 0 Å². The van der Waals surface area contributed by atoms with Gasteiger partial charge in [0.2, 0.25) is 0 Å². The van der Waals surface area contributed by atoms with Crippen LogP contribution in [0.1, 0.15) is 58.8 Å². The highest BCUT2D eigenvalue weighted by atomic mass is 16.7. The fraction of sp³-hybridized carbons (Fsp3) is 1.00. The Morgan fingerprint density at radius 1 is 0.850 bits per heavy atom. The molecule has 1 spiro atoms. The van der Waals surface area contributed by atoms with Gasteiger partial charge < -0.3 is 14.4 Å². The third-order valence-corrected chi connectivity index (χ3v) is 6.25. The van der Waals surface area contributed by atoms with Crippen LogP contribution in [0.3, 0.4) is 0 Å². The van der Waals surface area contributed by atoms with E-state index in [9.17, 15) is 0 Å². The molecule has 3 nitrogen and oxygen atoms in total. The predicted molar refractivity (Wildman–Crippen MR) is 80.6 cm³/mol. The Balaban J connectivity index is 1.52. The summed E-state index contributed by atoms with van der Waals surface area (Å²) in [4.78, 5) is 2.68. The minimum Gasteiger partial charge on any atom is -0.348 e. The molecule has 0 aromatic carbocycles. The molecule has 0 amide bonds. The second-order valence-electron chi connectivity index (χ2n) is 7.43. The predicted octanol–water partition coefficient (Wildman–Crippen LogP) is 3.43. The van der Waals surface area contributed by atoms with Gasteiger partial charge in [-0.25, -0.2) is 0 Å². The Morgan fingerprint density at radius 2 is 1.50 bits per heavy atom. The number of hydrogen-bond donors (Lipinski definition) is 0. The Hall–Kier alpha value is -0.120. The van der Waals surface area contributed by atoms with Crippen molar-refractivity contribution in [2.24, 2.45) is 11.8 Å². The first-order valence-electron chi connectivity index (χ1n) is 8.59. The van der Waals surface area contributed by atoms with Crippen molar-refractivity contribution < 1.29 is 9.47 Å². The second kappa shape index (κ2) is 5.94. The molecule has 0 N–H and O–H groups in total. The van der Waals surface area contributed by atoms with Gasteiger partial charge in [0.05, 0.1) is 13.2 Å². The van der Waals surface area contributed by atoms with E-state index in [1.165, 1.54) is 32.1 Å². The summed E-state index contributed by atoms with van der Waals surface area (Å²) >= 11 is 0. The van der Waals surface area contributed by atoms with Gasteiger partial charge in [-0.3, -0.25) is 0 Å². The van der Waals surface area contributed by atoms with Crippen molar-refractivity contribution in [3.05, 3.63) is 0 Å². The standard InChI is InChI=1S/C17H31NO2/c1-13-4-5-16(12-14(13)2)18(3)15-6-8-17(9-7-15)19-10-11-20-17/h13-16H,4-12H2,1-3H3. The third-order valence-electron chi connectivity index (χ3n) is 6.25. The molecule has 0 aromatic rings. The lowest BCUT2D eigenvalue weighted by Crippen LogP contribution is -2.48. The molecule has 3 unspecified atom stereocenters. The van der Waals surface area contributed by atoms with E-state index in [-0.39, 0.29) is 5.79 Å². The van der Waals surface area contributed by atoms with Crippen LogP contribution in [-0.4, -0.2) is 43.0 Å². The Morgan fingerprint density at radius 3 is 2.10 bits per heavy atom. The number of rotatable bonds is 2. The van der Waals surface area contributed by atoms with Crippen molar-refractivity contribution in [3.8, 4) is 0 Å². The zero-order valence-corrected chi connectivity index (χ0v) is 13.4. The molecule has 3 rings (SSSR count). The summed E-state index contributed by atoms with van der Waals surface area (Å²) in [6.45, 7) is 6.43. The van der Waals surface area contributed by atoms with Gasteiger partial charge in [-0.1, -0.05) is 13.8 Å². The van der Waals surface area contributed by atoms with Gasteiger partial charge in [0.15, 0.2) is 5.79 Å². The maximum absolute atomic E-state index is 5.85. The van der Waals surface area contributed by atoms with Gasteiger partial charge in [0, 0.05) is 24.9 Å². The molecule has 3 aliphatic rings. The van der Waals surface area contributed by atoms with Crippen LogP contribution in [0.25, 0.3) is 0 Å². The van der Waals surface area contributed by atoms with E-state index >= 15 is 0 Å². The smallest absolute Gasteiger partial charge is 0.168 e. The lowest BCUT2D eigenvalue weighted by atomic mass is 9.77. The van der Waals surface area contributed by atoms with Gasteiger partial charge in [-0.05, 0) is 51.0 Å². The molecule has 0 aromatic heterocycles.